The van der Waals surface area contributed by atoms with Crippen molar-refractivity contribution in [2.24, 2.45) is 0 Å². The molecule has 1 aromatic heterocycles. The maximum Gasteiger partial charge on any atom is 0.444 e. The Kier molecular flexibility index (Phi) is 3.48. The number of hydrogen-bond donors (Lipinski definition) is 3. The third kappa shape index (κ3) is 2.49. The average molecular weight is 286 g/mol. The molecule has 1 aliphatic heterocycles. The molecule has 0 radical (unpaired) electrons. The third-order valence-corrected chi connectivity index (χ3v) is 2.45. The fourth-order valence-corrected chi connectivity index (χ4v) is 1.50. The summed E-state index contributed by atoms with van der Waals surface area (Å²) in [5.41, 5.74) is 0. The summed E-state index contributed by atoms with van der Waals surface area (Å²) in [7, 11) is 0. The number of amides is 1. The zero-order chi connectivity index (χ0) is 14.9. The summed E-state index contributed by atoms with van der Waals surface area (Å²) in [5, 5.41) is 28.1. The zero-order valence-corrected chi connectivity index (χ0v) is 9.92. The molecule has 1 aromatic rings. The van der Waals surface area contributed by atoms with Crippen LogP contribution in [0, 0.1) is 0 Å². The third-order valence-electron chi connectivity index (χ3n) is 2.45. The molecule has 10 nitrogen and oxygen atoms in total. The van der Waals surface area contributed by atoms with Gasteiger partial charge in [0.05, 0.1) is 0 Å². The van der Waals surface area contributed by atoms with Gasteiger partial charge in [-0.2, -0.15) is 0 Å². The predicted octanol–water partition coefficient (Wildman–Crippen LogP) is -1.75. The number of aromatic nitrogens is 1. The van der Waals surface area contributed by atoms with E-state index < -0.39 is 35.8 Å². The summed E-state index contributed by atoms with van der Waals surface area (Å²) in [6, 6.07) is 2.03. The number of hydrogen-bond acceptors (Lipinski definition) is 8. The van der Waals surface area contributed by atoms with Gasteiger partial charge < -0.3 is 25.0 Å². The van der Waals surface area contributed by atoms with E-state index in [9.17, 15) is 29.7 Å². The van der Waals surface area contributed by atoms with E-state index in [0.717, 1.165) is 12.1 Å². The monoisotopic (exact) mass is 286 g/mol. The SMILES string of the molecule is O=C(ON1C(=O)CCC1O)C(=O)On1c(O)ccc1O. The van der Waals surface area contributed by atoms with Crippen LogP contribution in [0.2, 0.25) is 0 Å². The Labute approximate surface area is 111 Å². The first kappa shape index (κ1) is 13.7. The van der Waals surface area contributed by atoms with Crippen molar-refractivity contribution in [1.82, 2.24) is 9.79 Å². The highest BCUT2D eigenvalue weighted by Crippen LogP contribution is 2.19. The molecule has 20 heavy (non-hydrogen) atoms. The standard InChI is InChI=1S/C10H10N2O8/c13-5-1-2-6(14)11(5)19-9(17)10(18)20-12-7(15)3-4-8(12)16/h1-2,7,13-15H,3-4H2. The van der Waals surface area contributed by atoms with Gasteiger partial charge in [0.15, 0.2) is 6.23 Å². The maximum absolute atomic E-state index is 11.4. The minimum absolute atomic E-state index is 0.0251. The Morgan fingerprint density at radius 2 is 1.70 bits per heavy atom. The molecule has 0 spiro atoms. The fraction of sp³-hybridized carbons (Fsp3) is 0.300. The van der Waals surface area contributed by atoms with Crippen LogP contribution in [0.15, 0.2) is 12.1 Å². The molecule has 0 bridgehead atoms. The highest BCUT2D eigenvalue weighted by atomic mass is 16.8. The van der Waals surface area contributed by atoms with Gasteiger partial charge in [0.25, 0.3) is 5.91 Å². The molecular weight excluding hydrogens is 276 g/mol. The van der Waals surface area contributed by atoms with E-state index in [2.05, 4.69) is 9.68 Å². The van der Waals surface area contributed by atoms with E-state index in [0.29, 0.717) is 5.06 Å². The molecule has 2 rings (SSSR count). The van der Waals surface area contributed by atoms with Gasteiger partial charge in [0.1, 0.15) is 0 Å². The van der Waals surface area contributed by atoms with Crippen LogP contribution in [0.5, 0.6) is 11.8 Å². The van der Waals surface area contributed by atoms with Crippen molar-refractivity contribution in [1.29, 1.82) is 0 Å². The van der Waals surface area contributed by atoms with Crippen LogP contribution in [-0.4, -0.2) is 49.2 Å². The van der Waals surface area contributed by atoms with Crippen molar-refractivity contribution in [3.63, 3.8) is 0 Å². The number of carbonyl (C=O) groups is 3. The lowest BCUT2D eigenvalue weighted by Gasteiger charge is -2.17. The van der Waals surface area contributed by atoms with Crippen LogP contribution in [0.4, 0.5) is 0 Å². The molecule has 0 aliphatic carbocycles. The van der Waals surface area contributed by atoms with E-state index in [-0.39, 0.29) is 17.6 Å². The van der Waals surface area contributed by atoms with Crippen LogP contribution >= 0.6 is 0 Å². The molecule has 108 valence electrons. The largest absolute Gasteiger partial charge is 0.492 e. The minimum atomic E-state index is -1.60. The van der Waals surface area contributed by atoms with Crippen molar-refractivity contribution >= 4 is 17.8 Å². The van der Waals surface area contributed by atoms with Crippen LogP contribution < -0.4 is 4.84 Å². The summed E-state index contributed by atoms with van der Waals surface area (Å²) < 4.78 is 0.284. The van der Waals surface area contributed by atoms with Crippen molar-refractivity contribution < 1.29 is 39.4 Å². The smallest absolute Gasteiger partial charge is 0.444 e. The zero-order valence-electron chi connectivity index (χ0n) is 9.92. The van der Waals surface area contributed by atoms with Crippen LogP contribution in [0.3, 0.4) is 0 Å². The number of hydroxylamine groups is 2. The highest BCUT2D eigenvalue weighted by Gasteiger charge is 2.35. The second-order valence-electron chi connectivity index (χ2n) is 3.84. The second kappa shape index (κ2) is 5.09. The van der Waals surface area contributed by atoms with E-state index in [1.54, 1.807) is 0 Å². The van der Waals surface area contributed by atoms with Gasteiger partial charge in [-0.1, -0.05) is 0 Å². The van der Waals surface area contributed by atoms with Crippen LogP contribution in [0.1, 0.15) is 12.8 Å². The van der Waals surface area contributed by atoms with Gasteiger partial charge in [-0.05, 0) is 0 Å². The Bertz CT molecular complexity index is 546. The normalized spacial score (nSPS) is 18.1. The molecule has 1 aliphatic rings. The van der Waals surface area contributed by atoms with Crippen molar-refractivity contribution in [2.75, 3.05) is 0 Å². The average Bonchev–Trinajstić information content (AvgIpc) is 2.88. The number of nitrogens with zero attached hydrogens (tertiary/aromatic N) is 2. The van der Waals surface area contributed by atoms with E-state index in [1.807, 2.05) is 0 Å². The van der Waals surface area contributed by atoms with Gasteiger partial charge in [-0.3, -0.25) is 4.79 Å². The lowest BCUT2D eigenvalue weighted by Crippen LogP contribution is -2.39. The van der Waals surface area contributed by atoms with E-state index >= 15 is 0 Å². The van der Waals surface area contributed by atoms with Crippen LogP contribution in [-0.2, 0) is 19.2 Å². The number of carbonyl (C=O) groups excluding carboxylic acids is 3. The lowest BCUT2D eigenvalue weighted by atomic mass is 10.4. The number of aromatic hydroxyl groups is 2. The van der Waals surface area contributed by atoms with Crippen molar-refractivity contribution in [3.8, 4) is 11.8 Å². The first-order valence-electron chi connectivity index (χ1n) is 5.44. The summed E-state index contributed by atoms with van der Waals surface area (Å²) in [4.78, 5) is 42.6. The maximum atomic E-state index is 11.4. The highest BCUT2D eigenvalue weighted by molar-refractivity contribution is 6.29. The molecule has 10 heteroatoms. The van der Waals surface area contributed by atoms with E-state index in [1.165, 1.54) is 0 Å². The summed E-state index contributed by atoms with van der Waals surface area (Å²) in [6.45, 7) is 0. The quantitative estimate of drug-likeness (QED) is 0.544. The Morgan fingerprint density at radius 1 is 1.15 bits per heavy atom. The Hall–Kier alpha value is -2.75. The van der Waals surface area contributed by atoms with Gasteiger partial charge in [-0.25, -0.2) is 9.59 Å². The first-order chi connectivity index (χ1) is 9.40. The van der Waals surface area contributed by atoms with Gasteiger partial charge in [0.2, 0.25) is 11.8 Å². The summed E-state index contributed by atoms with van der Waals surface area (Å²) in [5.74, 6) is -5.10. The molecule has 1 amide bonds. The topological polar surface area (TPSA) is 139 Å². The molecule has 1 unspecified atom stereocenters. The number of aliphatic hydroxyl groups excluding tert-OH is 1. The second-order valence-corrected chi connectivity index (χ2v) is 3.84. The predicted molar refractivity (Wildman–Crippen MR) is 57.5 cm³/mol. The molecule has 1 fully saturated rings. The minimum Gasteiger partial charge on any atom is -0.492 e. The van der Waals surface area contributed by atoms with Gasteiger partial charge >= 0.3 is 11.9 Å². The van der Waals surface area contributed by atoms with Gasteiger partial charge in [-0.15, -0.1) is 9.79 Å². The molecule has 1 saturated heterocycles. The molecular formula is C10H10N2O8. The number of aliphatic hydroxyl groups is 1. The molecule has 3 N–H and O–H groups in total. The number of rotatable bonds is 2. The lowest BCUT2D eigenvalue weighted by molar-refractivity contribution is -0.223. The van der Waals surface area contributed by atoms with Crippen molar-refractivity contribution in [2.45, 2.75) is 19.1 Å². The molecule has 2 heterocycles. The van der Waals surface area contributed by atoms with Crippen molar-refractivity contribution in [3.05, 3.63) is 12.1 Å². The van der Waals surface area contributed by atoms with Gasteiger partial charge in [0, 0.05) is 25.0 Å². The van der Waals surface area contributed by atoms with Crippen LogP contribution in [0.25, 0.3) is 0 Å². The summed E-state index contributed by atoms with van der Waals surface area (Å²) >= 11 is 0. The Balaban J connectivity index is 1.99. The fourth-order valence-electron chi connectivity index (χ4n) is 1.50. The molecule has 1 atom stereocenters. The summed E-state index contributed by atoms with van der Waals surface area (Å²) in [6.07, 6.45) is -1.28. The Morgan fingerprint density at radius 3 is 2.20 bits per heavy atom. The molecule has 0 aromatic carbocycles. The first-order valence-corrected chi connectivity index (χ1v) is 5.44. The molecule has 0 saturated carbocycles. The van der Waals surface area contributed by atoms with E-state index in [4.69, 9.17) is 0 Å².